The molecule has 5 rings (SSSR count). The van der Waals surface area contributed by atoms with Crippen molar-refractivity contribution in [3.63, 3.8) is 0 Å². The van der Waals surface area contributed by atoms with Gasteiger partial charge in [-0.1, -0.05) is 53.5 Å². The van der Waals surface area contributed by atoms with E-state index in [2.05, 4.69) is 0 Å². The van der Waals surface area contributed by atoms with Crippen molar-refractivity contribution in [3.05, 3.63) is 69.7 Å². The SMILES string of the molecule is O=C(CN(C(=O)c1ccc(Cl)c(Cl)c1)N1C(=O)[C@H]2[C@H]3CC[C@@H](C3)[C@@H]2C1=O)c1ccccc1. The largest absolute Gasteiger partial charge is 0.292 e. The van der Waals surface area contributed by atoms with Crippen LogP contribution >= 0.6 is 23.2 Å². The third-order valence-electron chi connectivity index (χ3n) is 6.94. The third-order valence-corrected chi connectivity index (χ3v) is 7.67. The van der Waals surface area contributed by atoms with Crippen LogP contribution in [0.1, 0.15) is 40.0 Å². The molecular weight excluding hydrogens is 451 g/mol. The molecule has 2 aromatic carbocycles. The zero-order valence-electron chi connectivity index (χ0n) is 17.0. The number of fused-ring (bicyclic) bond motifs is 5. The Bertz CT molecular complexity index is 1110. The van der Waals surface area contributed by atoms with Gasteiger partial charge in [-0.15, -0.1) is 0 Å². The number of halogens is 2. The van der Waals surface area contributed by atoms with Crippen LogP contribution in [0.15, 0.2) is 48.5 Å². The molecule has 3 amide bonds. The molecule has 6 nitrogen and oxygen atoms in total. The molecule has 0 aromatic heterocycles. The fourth-order valence-electron chi connectivity index (χ4n) is 5.49. The van der Waals surface area contributed by atoms with E-state index in [1.165, 1.54) is 18.2 Å². The first-order chi connectivity index (χ1) is 15.4. The van der Waals surface area contributed by atoms with Gasteiger partial charge < -0.3 is 0 Å². The Morgan fingerprint density at radius 3 is 2.09 bits per heavy atom. The van der Waals surface area contributed by atoms with Crippen LogP contribution in [0.4, 0.5) is 0 Å². The highest BCUT2D eigenvalue weighted by Gasteiger charge is 2.62. The molecule has 2 aromatic rings. The predicted molar refractivity (Wildman–Crippen MR) is 118 cm³/mol. The molecule has 2 bridgehead atoms. The summed E-state index contributed by atoms with van der Waals surface area (Å²) in [4.78, 5) is 53.2. The van der Waals surface area contributed by atoms with E-state index in [0.717, 1.165) is 29.3 Å². The summed E-state index contributed by atoms with van der Waals surface area (Å²) in [6.07, 6.45) is 2.72. The zero-order valence-corrected chi connectivity index (χ0v) is 18.6. The summed E-state index contributed by atoms with van der Waals surface area (Å²) in [7, 11) is 0. The van der Waals surface area contributed by atoms with Gasteiger partial charge in [0, 0.05) is 11.1 Å². The fraction of sp³-hybridized carbons (Fsp3) is 0.333. The lowest BCUT2D eigenvalue weighted by molar-refractivity contribution is -0.154. The van der Waals surface area contributed by atoms with E-state index in [4.69, 9.17) is 23.2 Å². The maximum atomic E-state index is 13.5. The first kappa shape index (κ1) is 21.2. The molecule has 3 aliphatic rings. The van der Waals surface area contributed by atoms with Crippen molar-refractivity contribution in [3.8, 4) is 0 Å². The van der Waals surface area contributed by atoms with E-state index in [1.807, 2.05) is 0 Å². The predicted octanol–water partition coefficient (Wildman–Crippen LogP) is 4.26. The molecule has 8 heteroatoms. The minimum absolute atomic E-state index is 0.140. The molecular formula is C24H20Cl2N2O4. The molecule has 1 heterocycles. The van der Waals surface area contributed by atoms with E-state index in [-0.39, 0.29) is 45.0 Å². The summed E-state index contributed by atoms with van der Waals surface area (Å²) in [5.41, 5.74) is 0.527. The first-order valence-corrected chi connectivity index (χ1v) is 11.4. The van der Waals surface area contributed by atoms with Crippen molar-refractivity contribution >= 4 is 46.7 Å². The zero-order chi connectivity index (χ0) is 22.6. The van der Waals surface area contributed by atoms with Gasteiger partial charge in [0.15, 0.2) is 5.78 Å². The molecule has 0 radical (unpaired) electrons. The van der Waals surface area contributed by atoms with Crippen LogP contribution < -0.4 is 0 Å². The molecule has 2 aliphatic carbocycles. The molecule has 1 saturated heterocycles. The Balaban J connectivity index is 1.51. The lowest BCUT2D eigenvalue weighted by Crippen LogP contribution is -2.52. The van der Waals surface area contributed by atoms with Crippen LogP contribution in [0, 0.1) is 23.7 Å². The van der Waals surface area contributed by atoms with Gasteiger partial charge in [0.2, 0.25) is 0 Å². The van der Waals surface area contributed by atoms with Crippen molar-refractivity contribution in [1.82, 2.24) is 10.0 Å². The lowest BCUT2D eigenvalue weighted by Gasteiger charge is -2.31. The lowest BCUT2D eigenvalue weighted by atomic mass is 9.81. The summed E-state index contributed by atoms with van der Waals surface area (Å²) in [5, 5.41) is 2.35. The van der Waals surface area contributed by atoms with Crippen molar-refractivity contribution in [2.45, 2.75) is 19.3 Å². The Morgan fingerprint density at radius 2 is 1.50 bits per heavy atom. The number of benzene rings is 2. The number of nitrogens with zero attached hydrogens (tertiary/aromatic N) is 2. The number of amides is 3. The van der Waals surface area contributed by atoms with Crippen molar-refractivity contribution in [1.29, 1.82) is 0 Å². The Labute approximate surface area is 195 Å². The van der Waals surface area contributed by atoms with Gasteiger partial charge in [0.05, 0.1) is 21.9 Å². The maximum absolute atomic E-state index is 13.5. The van der Waals surface area contributed by atoms with E-state index in [0.29, 0.717) is 5.56 Å². The van der Waals surface area contributed by atoms with Gasteiger partial charge in [0.25, 0.3) is 17.7 Å². The van der Waals surface area contributed by atoms with Gasteiger partial charge in [-0.3, -0.25) is 19.2 Å². The minimum Gasteiger partial charge on any atom is -0.292 e. The second-order valence-electron chi connectivity index (χ2n) is 8.65. The number of rotatable bonds is 5. The Hall–Kier alpha value is -2.70. The summed E-state index contributed by atoms with van der Waals surface area (Å²) in [5.74, 6) is -2.28. The van der Waals surface area contributed by atoms with Gasteiger partial charge >= 0.3 is 0 Å². The molecule has 3 fully saturated rings. The van der Waals surface area contributed by atoms with Crippen LogP contribution in [0.5, 0.6) is 0 Å². The molecule has 2 saturated carbocycles. The molecule has 0 spiro atoms. The molecule has 32 heavy (non-hydrogen) atoms. The van der Waals surface area contributed by atoms with Gasteiger partial charge in [-0.2, -0.15) is 5.01 Å². The number of hydrazine groups is 1. The first-order valence-electron chi connectivity index (χ1n) is 10.6. The minimum atomic E-state index is -0.651. The van der Waals surface area contributed by atoms with Crippen molar-refractivity contribution in [2.24, 2.45) is 23.7 Å². The smallest absolute Gasteiger partial charge is 0.273 e. The number of hydrogen-bond donors (Lipinski definition) is 0. The molecule has 0 unspecified atom stereocenters. The molecule has 1 aliphatic heterocycles. The third kappa shape index (κ3) is 3.33. The normalized spacial score (nSPS) is 25.9. The Morgan fingerprint density at radius 1 is 0.875 bits per heavy atom. The highest BCUT2D eigenvalue weighted by molar-refractivity contribution is 6.42. The van der Waals surface area contributed by atoms with Crippen molar-refractivity contribution < 1.29 is 19.2 Å². The average Bonchev–Trinajstić information content (AvgIpc) is 3.48. The second kappa shape index (κ2) is 8.01. The van der Waals surface area contributed by atoms with Crippen molar-refractivity contribution in [2.75, 3.05) is 6.54 Å². The summed E-state index contributed by atoms with van der Waals surface area (Å²) in [6, 6.07) is 12.8. The standard InChI is InChI=1S/C24H20Cl2N2O4/c25-17-9-8-16(11-18(17)26)22(30)27(12-19(29)13-4-2-1-3-5-13)28-23(31)20-14-6-7-15(10-14)21(20)24(28)32/h1-5,8-9,11,14-15,20-21H,6-7,10,12H2/t14-,15-,20-,21-/m0/s1. The number of ketones is 1. The van der Waals surface area contributed by atoms with Gasteiger partial charge in [0.1, 0.15) is 6.54 Å². The summed E-state index contributed by atoms with van der Waals surface area (Å²) in [6.45, 7) is -0.435. The number of Topliss-reactive ketones (excluding diaryl/α,β-unsaturated/α-hetero) is 1. The highest BCUT2D eigenvalue weighted by atomic mass is 35.5. The molecule has 0 N–H and O–H groups in total. The summed E-state index contributed by atoms with van der Waals surface area (Å²) < 4.78 is 0. The number of carbonyl (C=O) groups is 4. The maximum Gasteiger partial charge on any atom is 0.273 e. The van der Waals surface area contributed by atoms with Crippen LogP contribution in [-0.2, 0) is 9.59 Å². The molecule has 4 atom stereocenters. The van der Waals surface area contributed by atoms with Crippen LogP contribution in [0.2, 0.25) is 10.0 Å². The highest BCUT2D eigenvalue weighted by Crippen LogP contribution is 2.56. The second-order valence-corrected chi connectivity index (χ2v) is 9.47. The monoisotopic (exact) mass is 470 g/mol. The number of hydrogen-bond acceptors (Lipinski definition) is 4. The molecule has 164 valence electrons. The van der Waals surface area contributed by atoms with E-state index < -0.39 is 24.3 Å². The van der Waals surface area contributed by atoms with Crippen LogP contribution in [0.25, 0.3) is 0 Å². The number of carbonyl (C=O) groups excluding carboxylic acids is 4. The Kier molecular flexibility index (Phi) is 5.30. The van der Waals surface area contributed by atoms with E-state index in [9.17, 15) is 19.2 Å². The van der Waals surface area contributed by atoms with Crippen LogP contribution in [0.3, 0.4) is 0 Å². The number of imide groups is 1. The quantitative estimate of drug-likeness (QED) is 0.483. The van der Waals surface area contributed by atoms with E-state index >= 15 is 0 Å². The van der Waals surface area contributed by atoms with Gasteiger partial charge in [-0.25, -0.2) is 5.01 Å². The van der Waals surface area contributed by atoms with Gasteiger partial charge in [-0.05, 0) is 49.3 Å². The fourth-order valence-corrected chi connectivity index (χ4v) is 5.79. The van der Waals surface area contributed by atoms with E-state index in [1.54, 1.807) is 30.3 Å². The summed E-state index contributed by atoms with van der Waals surface area (Å²) >= 11 is 12.1. The average molecular weight is 471 g/mol. The topological polar surface area (TPSA) is 74.8 Å². The van der Waals surface area contributed by atoms with Crippen LogP contribution in [-0.4, -0.2) is 40.1 Å².